The Morgan fingerprint density at radius 3 is 2.24 bits per heavy atom. The molecule has 1 N–H and O–H groups in total. The van der Waals surface area contributed by atoms with Crippen molar-refractivity contribution in [2.24, 2.45) is 10.2 Å². The fourth-order valence-corrected chi connectivity index (χ4v) is 1.34. The molecule has 0 heterocycles. The normalized spacial score (nSPS) is 10.6. The molecule has 4 heteroatoms. The average molecular weight is 228 g/mol. The van der Waals surface area contributed by atoms with Crippen LogP contribution in [0.1, 0.15) is 0 Å². The fourth-order valence-electron chi connectivity index (χ4n) is 1.34. The van der Waals surface area contributed by atoms with Gasteiger partial charge in [-0.25, -0.2) is 0 Å². The lowest BCUT2D eigenvalue weighted by Gasteiger charge is -1.99. The number of aromatic hydroxyl groups is 1. The summed E-state index contributed by atoms with van der Waals surface area (Å²) < 4.78 is 5.08. The molecule has 0 amide bonds. The SMILES string of the molecule is COc1cccc(/N=N\c2cccc(O)c2)c1. The molecular weight excluding hydrogens is 216 g/mol. The first-order chi connectivity index (χ1) is 8.28. The molecule has 86 valence electrons. The van der Waals surface area contributed by atoms with Gasteiger partial charge in [-0.2, -0.15) is 10.2 Å². The zero-order valence-corrected chi connectivity index (χ0v) is 9.37. The first-order valence-corrected chi connectivity index (χ1v) is 5.13. The predicted molar refractivity (Wildman–Crippen MR) is 65.3 cm³/mol. The number of ether oxygens (including phenoxy) is 1. The van der Waals surface area contributed by atoms with Crippen molar-refractivity contribution in [3.63, 3.8) is 0 Å². The minimum absolute atomic E-state index is 0.173. The minimum Gasteiger partial charge on any atom is -0.508 e. The molecular formula is C13H12N2O2. The molecule has 0 saturated carbocycles. The summed E-state index contributed by atoms with van der Waals surface area (Å²) in [6, 6.07) is 13.9. The van der Waals surface area contributed by atoms with Crippen LogP contribution in [0.4, 0.5) is 11.4 Å². The van der Waals surface area contributed by atoms with E-state index in [2.05, 4.69) is 10.2 Å². The van der Waals surface area contributed by atoms with Gasteiger partial charge in [0.15, 0.2) is 0 Å². The summed E-state index contributed by atoms with van der Waals surface area (Å²) in [5.41, 5.74) is 1.31. The molecule has 2 aromatic carbocycles. The molecule has 2 rings (SSSR count). The van der Waals surface area contributed by atoms with Crippen LogP contribution in [-0.4, -0.2) is 12.2 Å². The molecule has 17 heavy (non-hydrogen) atoms. The maximum absolute atomic E-state index is 9.27. The molecule has 0 saturated heterocycles. The van der Waals surface area contributed by atoms with Gasteiger partial charge in [-0.1, -0.05) is 12.1 Å². The highest BCUT2D eigenvalue weighted by Gasteiger charge is 1.94. The van der Waals surface area contributed by atoms with Crippen LogP contribution in [0.25, 0.3) is 0 Å². The topological polar surface area (TPSA) is 54.2 Å². The van der Waals surface area contributed by atoms with Crippen LogP contribution < -0.4 is 4.74 Å². The minimum atomic E-state index is 0.173. The van der Waals surface area contributed by atoms with E-state index < -0.39 is 0 Å². The number of methoxy groups -OCH3 is 1. The van der Waals surface area contributed by atoms with Crippen molar-refractivity contribution in [1.29, 1.82) is 0 Å². The number of phenols is 1. The van der Waals surface area contributed by atoms with Gasteiger partial charge < -0.3 is 9.84 Å². The summed E-state index contributed by atoms with van der Waals surface area (Å²) >= 11 is 0. The summed E-state index contributed by atoms with van der Waals surface area (Å²) in [7, 11) is 1.60. The molecule has 0 unspecified atom stereocenters. The third kappa shape index (κ3) is 3.04. The quantitative estimate of drug-likeness (QED) is 0.812. The van der Waals surface area contributed by atoms with E-state index in [1.54, 1.807) is 37.4 Å². The lowest BCUT2D eigenvalue weighted by molar-refractivity contribution is 0.415. The molecule has 0 spiro atoms. The highest BCUT2D eigenvalue weighted by atomic mass is 16.5. The highest BCUT2D eigenvalue weighted by Crippen LogP contribution is 2.24. The van der Waals surface area contributed by atoms with Crippen LogP contribution in [0.15, 0.2) is 58.8 Å². The van der Waals surface area contributed by atoms with E-state index >= 15 is 0 Å². The second kappa shape index (κ2) is 5.12. The lowest BCUT2D eigenvalue weighted by Crippen LogP contribution is -1.79. The molecule has 0 aliphatic heterocycles. The number of hydrogen-bond acceptors (Lipinski definition) is 4. The van der Waals surface area contributed by atoms with Gasteiger partial charge >= 0.3 is 0 Å². The summed E-state index contributed by atoms with van der Waals surface area (Å²) in [5.74, 6) is 0.907. The van der Waals surface area contributed by atoms with Gasteiger partial charge in [-0.05, 0) is 24.3 Å². The van der Waals surface area contributed by atoms with Crippen molar-refractivity contribution < 1.29 is 9.84 Å². The first-order valence-electron chi connectivity index (χ1n) is 5.13. The van der Waals surface area contributed by atoms with Crippen molar-refractivity contribution in [1.82, 2.24) is 0 Å². The summed E-state index contributed by atoms with van der Waals surface area (Å²) in [6.45, 7) is 0. The Labute approximate surface area is 99.2 Å². The Morgan fingerprint density at radius 2 is 1.59 bits per heavy atom. The van der Waals surface area contributed by atoms with Gasteiger partial charge in [0.2, 0.25) is 0 Å². The third-order valence-corrected chi connectivity index (χ3v) is 2.16. The predicted octanol–water partition coefficient (Wildman–Crippen LogP) is 3.82. The van der Waals surface area contributed by atoms with Crippen molar-refractivity contribution >= 4 is 11.4 Å². The number of hydrogen-bond donors (Lipinski definition) is 1. The van der Waals surface area contributed by atoms with Gasteiger partial charge in [0, 0.05) is 12.1 Å². The maximum atomic E-state index is 9.27. The van der Waals surface area contributed by atoms with E-state index in [9.17, 15) is 5.11 Å². The third-order valence-electron chi connectivity index (χ3n) is 2.16. The fraction of sp³-hybridized carbons (Fsp3) is 0.0769. The molecule has 0 bridgehead atoms. The van der Waals surface area contributed by atoms with E-state index in [1.165, 1.54) is 0 Å². The Bertz CT molecular complexity index is 538. The van der Waals surface area contributed by atoms with Crippen LogP contribution in [-0.2, 0) is 0 Å². The van der Waals surface area contributed by atoms with E-state index in [0.717, 1.165) is 5.75 Å². The molecule has 0 aliphatic carbocycles. The zero-order chi connectivity index (χ0) is 12.1. The molecule has 0 atom stereocenters. The van der Waals surface area contributed by atoms with Crippen LogP contribution in [0, 0.1) is 0 Å². The number of azo groups is 1. The van der Waals surface area contributed by atoms with E-state index in [0.29, 0.717) is 11.4 Å². The molecule has 0 fully saturated rings. The van der Waals surface area contributed by atoms with Gasteiger partial charge in [-0.3, -0.25) is 0 Å². The van der Waals surface area contributed by atoms with Gasteiger partial charge in [-0.15, -0.1) is 0 Å². The van der Waals surface area contributed by atoms with Gasteiger partial charge in [0.25, 0.3) is 0 Å². The van der Waals surface area contributed by atoms with Crippen LogP contribution in [0.2, 0.25) is 0 Å². The van der Waals surface area contributed by atoms with Gasteiger partial charge in [0.1, 0.15) is 11.5 Å². The number of nitrogens with zero attached hydrogens (tertiary/aromatic N) is 2. The molecule has 2 aromatic rings. The molecule has 0 aliphatic rings. The number of benzene rings is 2. The standard InChI is InChI=1S/C13H12N2O2/c1-17-13-7-3-5-11(9-13)15-14-10-4-2-6-12(16)8-10/h2-9,16H,1H3/b15-14-. The maximum Gasteiger partial charge on any atom is 0.121 e. The lowest BCUT2D eigenvalue weighted by atomic mass is 10.3. The number of phenolic OH excluding ortho intramolecular Hbond substituents is 1. The molecule has 4 nitrogen and oxygen atoms in total. The average Bonchev–Trinajstić information content (AvgIpc) is 2.37. The second-order valence-electron chi connectivity index (χ2n) is 3.42. The number of rotatable bonds is 3. The van der Waals surface area contributed by atoms with Crippen LogP contribution in [0.3, 0.4) is 0 Å². The Balaban J connectivity index is 2.19. The van der Waals surface area contributed by atoms with Crippen molar-refractivity contribution in [3.05, 3.63) is 48.5 Å². The van der Waals surface area contributed by atoms with E-state index in [1.807, 2.05) is 18.2 Å². The first kappa shape index (κ1) is 11.1. The Kier molecular flexibility index (Phi) is 3.35. The van der Waals surface area contributed by atoms with Crippen molar-refractivity contribution in [2.75, 3.05) is 7.11 Å². The smallest absolute Gasteiger partial charge is 0.121 e. The summed E-state index contributed by atoms with van der Waals surface area (Å²) in [6.07, 6.45) is 0. The highest BCUT2D eigenvalue weighted by molar-refractivity contribution is 5.45. The molecule has 0 radical (unpaired) electrons. The van der Waals surface area contributed by atoms with Crippen molar-refractivity contribution in [3.8, 4) is 11.5 Å². The largest absolute Gasteiger partial charge is 0.508 e. The summed E-state index contributed by atoms with van der Waals surface area (Å²) in [5, 5.41) is 17.4. The van der Waals surface area contributed by atoms with Gasteiger partial charge in [0.05, 0.1) is 18.5 Å². The molecule has 0 aromatic heterocycles. The van der Waals surface area contributed by atoms with E-state index in [4.69, 9.17) is 4.74 Å². The monoisotopic (exact) mass is 228 g/mol. The summed E-state index contributed by atoms with van der Waals surface area (Å²) in [4.78, 5) is 0. The van der Waals surface area contributed by atoms with Crippen molar-refractivity contribution in [2.45, 2.75) is 0 Å². The zero-order valence-electron chi connectivity index (χ0n) is 9.37. The van der Waals surface area contributed by atoms with Crippen LogP contribution in [0.5, 0.6) is 11.5 Å². The Hall–Kier alpha value is -2.36. The van der Waals surface area contributed by atoms with Crippen LogP contribution >= 0.6 is 0 Å². The second-order valence-corrected chi connectivity index (χ2v) is 3.42. The Morgan fingerprint density at radius 1 is 0.941 bits per heavy atom. The van der Waals surface area contributed by atoms with E-state index in [-0.39, 0.29) is 5.75 Å².